The maximum Gasteiger partial charge on any atom is 0.229 e. The van der Waals surface area contributed by atoms with Crippen LogP contribution in [0, 0.1) is 5.92 Å². The average molecular weight is 468 g/mol. The molecule has 0 radical (unpaired) electrons. The highest BCUT2D eigenvalue weighted by Crippen LogP contribution is 2.42. The van der Waals surface area contributed by atoms with Crippen molar-refractivity contribution < 1.29 is 44.3 Å². The lowest BCUT2D eigenvalue weighted by atomic mass is 9.73. The van der Waals surface area contributed by atoms with Crippen molar-refractivity contribution in [3.63, 3.8) is 0 Å². The second-order valence-electron chi connectivity index (χ2n) is 9.14. The molecule has 9 heteroatoms. The van der Waals surface area contributed by atoms with E-state index in [-0.39, 0.29) is 51.7 Å². The molecule has 0 amide bonds. The van der Waals surface area contributed by atoms with Crippen molar-refractivity contribution >= 4 is 17.3 Å². The van der Waals surface area contributed by atoms with Crippen LogP contribution in [0.4, 0.5) is 0 Å². The molecular formula is C25H24O9. The predicted octanol–water partition coefficient (Wildman–Crippen LogP) is 0.924. The Balaban J connectivity index is 1.58. The van der Waals surface area contributed by atoms with E-state index in [1.165, 1.54) is 37.3 Å². The van der Waals surface area contributed by atoms with Crippen LogP contribution in [0.15, 0.2) is 30.3 Å². The van der Waals surface area contributed by atoms with Crippen molar-refractivity contribution in [2.75, 3.05) is 0 Å². The Bertz CT molecular complexity index is 1220. The predicted molar refractivity (Wildman–Crippen MR) is 116 cm³/mol. The number of benzene rings is 2. The monoisotopic (exact) mass is 468 g/mol. The van der Waals surface area contributed by atoms with Gasteiger partial charge in [-0.25, -0.2) is 0 Å². The first-order valence-corrected chi connectivity index (χ1v) is 11.1. The van der Waals surface area contributed by atoms with Gasteiger partial charge in [0.2, 0.25) is 6.29 Å². The first-order valence-electron chi connectivity index (χ1n) is 11.1. The summed E-state index contributed by atoms with van der Waals surface area (Å²) in [4.78, 5) is 39.9. The maximum atomic E-state index is 13.5. The molecule has 1 aliphatic heterocycles. The summed E-state index contributed by atoms with van der Waals surface area (Å²) in [5.74, 6) is -1.75. The lowest BCUT2D eigenvalue weighted by molar-refractivity contribution is -0.268. The summed E-state index contributed by atoms with van der Waals surface area (Å²) >= 11 is 0. The van der Waals surface area contributed by atoms with Crippen LogP contribution in [0.1, 0.15) is 74.1 Å². The Morgan fingerprint density at radius 3 is 2.24 bits per heavy atom. The Morgan fingerprint density at radius 1 is 0.824 bits per heavy atom. The molecular weight excluding hydrogens is 444 g/mol. The van der Waals surface area contributed by atoms with Crippen LogP contribution in [0.5, 0.6) is 5.75 Å². The number of Topliss-reactive ketones (excluding diaryl/α,β-unsaturated/α-hetero) is 1. The molecule has 1 heterocycles. The van der Waals surface area contributed by atoms with Gasteiger partial charge in [-0.3, -0.25) is 14.4 Å². The first-order chi connectivity index (χ1) is 16.1. The molecule has 1 fully saturated rings. The lowest BCUT2D eigenvalue weighted by Gasteiger charge is -2.39. The topological polar surface area (TPSA) is 151 Å². The van der Waals surface area contributed by atoms with E-state index in [2.05, 4.69) is 0 Å². The third-order valence-electron chi connectivity index (χ3n) is 6.90. The van der Waals surface area contributed by atoms with E-state index in [0.29, 0.717) is 5.56 Å². The molecule has 2 aromatic rings. The van der Waals surface area contributed by atoms with Gasteiger partial charge in [0, 0.05) is 28.7 Å². The lowest BCUT2D eigenvalue weighted by Crippen LogP contribution is -2.58. The molecule has 9 nitrogen and oxygen atoms in total. The molecule has 0 spiro atoms. The standard InChI is InChI=1S/C25H24O9/c1-9-8-14(26)16-12(19(9)27)6-7-13-18(16)22(30)11-4-3-5-15(17(11)21(13)29)34-25-24(32)23(31)20(28)10(2)33-25/h3-7,9-10,19-20,23-25,27-28,31-32H,8H2,1-2H3/t9-,10+,19+,20-,23+,24-,25+/m0/s1. The number of carbonyl (C=O) groups is 3. The number of carbonyl (C=O) groups excluding carboxylic acids is 3. The maximum absolute atomic E-state index is 13.5. The molecule has 7 atom stereocenters. The summed E-state index contributed by atoms with van der Waals surface area (Å²) in [6.45, 7) is 3.24. The van der Waals surface area contributed by atoms with Crippen LogP contribution in [-0.2, 0) is 4.74 Å². The number of rotatable bonds is 2. The molecule has 5 rings (SSSR count). The van der Waals surface area contributed by atoms with E-state index < -0.39 is 48.4 Å². The molecule has 0 bridgehead atoms. The Labute approximate surface area is 194 Å². The number of hydrogen-bond donors (Lipinski definition) is 4. The molecule has 0 aromatic heterocycles. The van der Waals surface area contributed by atoms with Gasteiger partial charge < -0.3 is 29.9 Å². The summed E-state index contributed by atoms with van der Waals surface area (Å²) < 4.78 is 11.2. The second-order valence-corrected chi connectivity index (χ2v) is 9.14. The van der Waals surface area contributed by atoms with Crippen molar-refractivity contribution in [3.8, 4) is 5.75 Å². The molecule has 34 heavy (non-hydrogen) atoms. The molecule has 2 aliphatic carbocycles. The molecule has 0 saturated carbocycles. The highest BCUT2D eigenvalue weighted by atomic mass is 16.7. The van der Waals surface area contributed by atoms with Crippen molar-refractivity contribution in [2.45, 2.75) is 57.1 Å². The van der Waals surface area contributed by atoms with Crippen LogP contribution in [0.25, 0.3) is 0 Å². The Morgan fingerprint density at radius 2 is 1.50 bits per heavy atom. The van der Waals surface area contributed by atoms with Crippen LogP contribution in [0.3, 0.4) is 0 Å². The summed E-state index contributed by atoms with van der Waals surface area (Å²) in [5, 5.41) is 40.8. The Hall–Kier alpha value is -2.95. The van der Waals surface area contributed by atoms with Crippen molar-refractivity contribution in [1.82, 2.24) is 0 Å². The fraction of sp³-hybridized carbons (Fsp3) is 0.400. The van der Waals surface area contributed by atoms with E-state index in [9.17, 15) is 34.8 Å². The van der Waals surface area contributed by atoms with Crippen LogP contribution >= 0.6 is 0 Å². The van der Waals surface area contributed by atoms with Crippen molar-refractivity contribution in [3.05, 3.63) is 63.7 Å². The minimum absolute atomic E-state index is 0.0169. The number of ketones is 3. The normalized spacial score (nSPS) is 32.6. The van der Waals surface area contributed by atoms with Gasteiger partial charge in [-0.05, 0) is 30.5 Å². The summed E-state index contributed by atoms with van der Waals surface area (Å²) in [5.41, 5.74) is 0.375. The fourth-order valence-corrected chi connectivity index (χ4v) is 4.96. The van der Waals surface area contributed by atoms with Crippen molar-refractivity contribution in [1.29, 1.82) is 0 Å². The quantitative estimate of drug-likeness (QED) is 0.430. The van der Waals surface area contributed by atoms with E-state index in [1.807, 2.05) is 0 Å². The minimum atomic E-state index is -1.60. The zero-order valence-electron chi connectivity index (χ0n) is 18.5. The third kappa shape index (κ3) is 3.24. The number of aliphatic hydroxyl groups is 4. The smallest absolute Gasteiger partial charge is 0.229 e. The molecule has 3 aliphatic rings. The fourth-order valence-electron chi connectivity index (χ4n) is 4.96. The third-order valence-corrected chi connectivity index (χ3v) is 6.90. The molecule has 4 N–H and O–H groups in total. The van der Waals surface area contributed by atoms with E-state index in [0.717, 1.165) is 0 Å². The summed E-state index contributed by atoms with van der Waals surface area (Å²) in [6, 6.07) is 7.29. The zero-order valence-corrected chi connectivity index (χ0v) is 18.5. The second kappa shape index (κ2) is 8.07. The Kier molecular flexibility index (Phi) is 5.42. The largest absolute Gasteiger partial charge is 0.461 e. The van der Waals surface area contributed by atoms with E-state index >= 15 is 0 Å². The minimum Gasteiger partial charge on any atom is -0.461 e. The van der Waals surface area contributed by atoms with Crippen molar-refractivity contribution in [2.24, 2.45) is 5.92 Å². The van der Waals surface area contributed by atoms with Gasteiger partial charge in [-0.1, -0.05) is 25.1 Å². The summed E-state index contributed by atoms with van der Waals surface area (Å²) in [6.07, 6.45) is -7.57. The number of aliphatic hydroxyl groups excluding tert-OH is 4. The SMILES string of the molecule is C[C@H]1CC(=O)c2c(ccc3c2C(=O)c2cccc(O[C@H]4O[C@H](C)[C@H](O)[C@@H](O)[C@@H]4O)c2C3=O)[C@@H]1O. The van der Waals surface area contributed by atoms with Gasteiger partial charge in [0.05, 0.1) is 17.8 Å². The molecule has 1 saturated heterocycles. The van der Waals surface area contributed by atoms with Gasteiger partial charge in [-0.2, -0.15) is 0 Å². The zero-order chi connectivity index (χ0) is 24.5. The molecule has 0 unspecified atom stereocenters. The number of ether oxygens (including phenoxy) is 2. The van der Waals surface area contributed by atoms with Gasteiger partial charge in [0.15, 0.2) is 17.3 Å². The van der Waals surface area contributed by atoms with E-state index in [4.69, 9.17) is 9.47 Å². The van der Waals surface area contributed by atoms with Gasteiger partial charge in [0.1, 0.15) is 24.1 Å². The van der Waals surface area contributed by atoms with Gasteiger partial charge in [-0.15, -0.1) is 0 Å². The van der Waals surface area contributed by atoms with Gasteiger partial charge in [0.25, 0.3) is 0 Å². The molecule has 178 valence electrons. The van der Waals surface area contributed by atoms with Crippen LogP contribution < -0.4 is 4.74 Å². The number of fused-ring (bicyclic) bond motifs is 4. The average Bonchev–Trinajstić information content (AvgIpc) is 2.82. The highest BCUT2D eigenvalue weighted by molar-refractivity contribution is 6.32. The van der Waals surface area contributed by atoms with Crippen LogP contribution in [0.2, 0.25) is 0 Å². The number of hydrogen-bond acceptors (Lipinski definition) is 9. The van der Waals surface area contributed by atoms with E-state index in [1.54, 1.807) is 6.92 Å². The van der Waals surface area contributed by atoms with Crippen LogP contribution in [-0.4, -0.2) is 68.5 Å². The first kappa shape index (κ1) is 22.8. The molecule has 2 aromatic carbocycles. The summed E-state index contributed by atoms with van der Waals surface area (Å²) in [7, 11) is 0. The van der Waals surface area contributed by atoms with Gasteiger partial charge >= 0.3 is 0 Å². The highest BCUT2D eigenvalue weighted by Gasteiger charge is 2.45.